The second kappa shape index (κ2) is 7.91. The zero-order chi connectivity index (χ0) is 20.4. The van der Waals surface area contributed by atoms with Crippen LogP contribution in [0.25, 0.3) is 0 Å². The summed E-state index contributed by atoms with van der Waals surface area (Å²) in [6.07, 6.45) is 1.62. The molecule has 0 aliphatic carbocycles. The van der Waals surface area contributed by atoms with Crippen molar-refractivity contribution in [1.29, 1.82) is 5.26 Å². The predicted octanol–water partition coefficient (Wildman–Crippen LogP) is 1.86. The number of benzene rings is 2. The third-order valence-corrected chi connectivity index (χ3v) is 7.92. The second-order valence-electron chi connectivity index (χ2n) is 6.62. The fourth-order valence-corrected chi connectivity index (χ4v) is 6.32. The number of nitrogens with zero attached hydrogens (tertiary/aromatic N) is 3. The largest absolute Gasteiger partial charge is 0.370 e. The van der Waals surface area contributed by atoms with Gasteiger partial charge in [-0.2, -0.15) is 9.57 Å². The third-order valence-electron chi connectivity index (χ3n) is 4.68. The predicted molar refractivity (Wildman–Crippen MR) is 106 cm³/mol. The van der Waals surface area contributed by atoms with Crippen LogP contribution in [-0.4, -0.2) is 53.6 Å². The Balaban J connectivity index is 1.85. The van der Waals surface area contributed by atoms with E-state index in [0.717, 1.165) is 11.9 Å². The van der Waals surface area contributed by atoms with E-state index < -0.39 is 19.9 Å². The van der Waals surface area contributed by atoms with E-state index in [0.29, 0.717) is 31.6 Å². The summed E-state index contributed by atoms with van der Waals surface area (Å²) in [6.45, 7) is 1.71. The molecular formula is C19H21N3O4S2. The zero-order valence-electron chi connectivity index (χ0n) is 15.4. The molecule has 0 saturated carbocycles. The molecule has 0 N–H and O–H groups in total. The molecule has 0 bridgehead atoms. The molecule has 0 amide bonds. The maximum absolute atomic E-state index is 13.1. The smallest absolute Gasteiger partial charge is 0.244 e. The van der Waals surface area contributed by atoms with E-state index in [1.165, 1.54) is 28.6 Å². The number of hydrogen-bond donors (Lipinski definition) is 0. The van der Waals surface area contributed by atoms with Gasteiger partial charge in [-0.1, -0.05) is 12.1 Å². The summed E-state index contributed by atoms with van der Waals surface area (Å²) >= 11 is 0. The van der Waals surface area contributed by atoms with Gasteiger partial charge in [0, 0.05) is 38.1 Å². The summed E-state index contributed by atoms with van der Waals surface area (Å²) in [5.41, 5.74) is 1.50. The van der Waals surface area contributed by atoms with Gasteiger partial charge in [0.2, 0.25) is 10.0 Å². The van der Waals surface area contributed by atoms with Crippen molar-refractivity contribution in [1.82, 2.24) is 4.31 Å². The van der Waals surface area contributed by atoms with E-state index in [1.54, 1.807) is 12.1 Å². The summed E-state index contributed by atoms with van der Waals surface area (Å²) in [4.78, 5) is 1.71. The number of sulfone groups is 1. The van der Waals surface area contributed by atoms with Crippen LogP contribution in [0, 0.1) is 11.3 Å². The number of sulfonamides is 1. The van der Waals surface area contributed by atoms with Gasteiger partial charge >= 0.3 is 0 Å². The Hall–Kier alpha value is -2.41. The molecule has 1 aliphatic heterocycles. The van der Waals surface area contributed by atoms with Crippen molar-refractivity contribution in [3.63, 3.8) is 0 Å². The normalized spacial score (nSPS) is 16.4. The number of hydrogen-bond acceptors (Lipinski definition) is 6. The van der Waals surface area contributed by atoms with E-state index in [1.807, 2.05) is 12.1 Å². The molecular weight excluding hydrogens is 398 g/mol. The van der Waals surface area contributed by atoms with Gasteiger partial charge in [-0.25, -0.2) is 16.8 Å². The average molecular weight is 420 g/mol. The molecule has 0 unspecified atom stereocenters. The second-order valence-corrected chi connectivity index (χ2v) is 10.5. The van der Waals surface area contributed by atoms with Crippen LogP contribution in [0.4, 0.5) is 5.69 Å². The third kappa shape index (κ3) is 4.19. The van der Waals surface area contributed by atoms with Crippen LogP contribution in [0.2, 0.25) is 0 Å². The van der Waals surface area contributed by atoms with Crippen LogP contribution in [0.15, 0.2) is 58.3 Å². The number of rotatable bonds is 4. The lowest BCUT2D eigenvalue weighted by Gasteiger charge is -2.24. The molecule has 2 aromatic carbocycles. The van der Waals surface area contributed by atoms with E-state index in [2.05, 4.69) is 11.0 Å². The average Bonchev–Trinajstić information content (AvgIpc) is 2.94. The highest BCUT2D eigenvalue weighted by Crippen LogP contribution is 2.26. The topological polar surface area (TPSA) is 98.5 Å². The Bertz CT molecular complexity index is 1100. The van der Waals surface area contributed by atoms with Gasteiger partial charge < -0.3 is 4.90 Å². The molecule has 1 heterocycles. The van der Waals surface area contributed by atoms with Crippen molar-refractivity contribution >= 4 is 25.5 Å². The summed E-state index contributed by atoms with van der Waals surface area (Å²) in [7, 11) is -7.60. The molecule has 3 rings (SSSR count). The molecule has 0 atom stereocenters. The van der Waals surface area contributed by atoms with E-state index in [-0.39, 0.29) is 16.3 Å². The minimum absolute atomic E-state index is 0.177. The van der Waals surface area contributed by atoms with Crippen molar-refractivity contribution in [3.8, 4) is 6.07 Å². The zero-order valence-corrected chi connectivity index (χ0v) is 17.1. The quantitative estimate of drug-likeness (QED) is 0.750. The summed E-state index contributed by atoms with van der Waals surface area (Å²) in [5, 5.41) is 8.92. The van der Waals surface area contributed by atoms with Gasteiger partial charge in [0.15, 0.2) is 9.84 Å². The van der Waals surface area contributed by atoms with Gasteiger partial charge in [-0.15, -0.1) is 0 Å². The van der Waals surface area contributed by atoms with Gasteiger partial charge in [0.1, 0.15) is 4.90 Å². The molecule has 7 nitrogen and oxygen atoms in total. The highest BCUT2D eigenvalue weighted by Gasteiger charge is 2.31. The van der Waals surface area contributed by atoms with Gasteiger partial charge in [0.05, 0.1) is 16.5 Å². The maximum Gasteiger partial charge on any atom is 0.244 e. The van der Waals surface area contributed by atoms with E-state index >= 15 is 0 Å². The first-order valence-electron chi connectivity index (χ1n) is 8.78. The van der Waals surface area contributed by atoms with Crippen molar-refractivity contribution < 1.29 is 16.8 Å². The van der Waals surface area contributed by atoms with Gasteiger partial charge in [0.25, 0.3) is 0 Å². The highest BCUT2D eigenvalue weighted by molar-refractivity contribution is 7.93. The molecule has 0 radical (unpaired) electrons. The molecule has 2 aromatic rings. The monoisotopic (exact) mass is 419 g/mol. The van der Waals surface area contributed by atoms with Gasteiger partial charge in [-0.05, 0) is 42.8 Å². The van der Waals surface area contributed by atoms with Crippen LogP contribution in [0.5, 0.6) is 0 Å². The molecule has 148 valence electrons. The van der Waals surface area contributed by atoms with E-state index in [4.69, 9.17) is 5.26 Å². The molecule has 0 aromatic heterocycles. The Kier molecular flexibility index (Phi) is 5.74. The number of nitriles is 1. The lowest BCUT2D eigenvalue weighted by atomic mass is 10.2. The summed E-state index contributed by atoms with van der Waals surface area (Å²) < 4.78 is 51.7. The fourth-order valence-electron chi connectivity index (χ4n) is 3.25. The first kappa shape index (κ1) is 20.3. The molecule has 1 fully saturated rings. The maximum atomic E-state index is 13.1. The van der Waals surface area contributed by atoms with Crippen LogP contribution in [-0.2, 0) is 19.9 Å². The van der Waals surface area contributed by atoms with Crippen molar-refractivity contribution in [3.05, 3.63) is 54.1 Å². The van der Waals surface area contributed by atoms with Crippen LogP contribution in [0.3, 0.4) is 0 Å². The highest BCUT2D eigenvalue weighted by atomic mass is 32.2. The molecule has 1 saturated heterocycles. The first-order chi connectivity index (χ1) is 13.2. The van der Waals surface area contributed by atoms with Crippen molar-refractivity contribution in [2.45, 2.75) is 16.2 Å². The van der Waals surface area contributed by atoms with Crippen molar-refractivity contribution in [2.75, 3.05) is 37.3 Å². The lowest BCUT2D eigenvalue weighted by molar-refractivity contribution is 0.431. The van der Waals surface area contributed by atoms with E-state index in [9.17, 15) is 16.8 Å². The Labute approximate surface area is 165 Å². The lowest BCUT2D eigenvalue weighted by Crippen LogP contribution is -2.35. The molecule has 9 heteroatoms. The Morgan fingerprint density at radius 2 is 1.50 bits per heavy atom. The van der Waals surface area contributed by atoms with Gasteiger partial charge in [-0.3, -0.25) is 0 Å². The molecule has 28 heavy (non-hydrogen) atoms. The minimum atomic E-state index is -3.93. The first-order valence-corrected chi connectivity index (χ1v) is 12.1. The summed E-state index contributed by atoms with van der Waals surface area (Å²) in [6, 6.07) is 15.0. The van der Waals surface area contributed by atoms with Crippen molar-refractivity contribution in [2.24, 2.45) is 0 Å². The number of anilines is 1. The van der Waals surface area contributed by atoms with Crippen LogP contribution < -0.4 is 4.90 Å². The fraction of sp³-hybridized carbons (Fsp3) is 0.316. The van der Waals surface area contributed by atoms with Crippen LogP contribution in [0.1, 0.15) is 12.0 Å². The Morgan fingerprint density at radius 1 is 0.857 bits per heavy atom. The minimum Gasteiger partial charge on any atom is -0.370 e. The Morgan fingerprint density at radius 3 is 2.11 bits per heavy atom. The molecule has 1 aliphatic rings. The molecule has 0 spiro atoms. The van der Waals surface area contributed by atoms with Crippen LogP contribution >= 0.6 is 0 Å². The SMILES string of the molecule is CS(=O)(=O)c1ccccc1S(=O)(=O)N1CCCN(c2ccc(C#N)cc2)CC1. The standard InChI is InChI=1S/C19H21N3O4S2/c1-27(23,24)18-5-2-3-6-19(18)28(25,26)22-12-4-11-21(13-14-22)17-9-7-16(15-20)8-10-17/h2-3,5-10H,4,11-14H2,1H3. The summed E-state index contributed by atoms with van der Waals surface area (Å²) in [5.74, 6) is 0.